The SMILES string of the molecule is CC(C)(CCc1ccc(-c2ccc(Cl)c3c(N(C(=O)OC[n+]4ccccc4)S(C)(=O)=O)nn(CC(F)(F)F)c23)c([C@H](Cc2cc(F)cc(F)c2)NC(=O)Cn2nc(C(F)(F)F)c3c2C(F)(F)C2C[C@H]32)n1)S(C)(=O)=O. The molecule has 8 rings (SSSR count). The van der Waals surface area contributed by atoms with Crippen molar-refractivity contribution in [3.8, 4) is 11.1 Å². The van der Waals surface area contributed by atoms with Crippen molar-refractivity contribution >= 4 is 60.2 Å². The molecule has 2 amide bonds. The Balaban J connectivity index is 1.32. The fraction of sp³-hybridized carbons (Fsp3) is 0.391. The summed E-state index contributed by atoms with van der Waals surface area (Å²) in [6, 6.07) is 9.99. The smallest absolute Gasteiger partial charge is 0.387 e. The van der Waals surface area contributed by atoms with Gasteiger partial charge in [0.25, 0.3) is 12.7 Å². The van der Waals surface area contributed by atoms with Crippen LogP contribution >= 0.6 is 11.6 Å². The van der Waals surface area contributed by atoms with Gasteiger partial charge in [-0.3, -0.25) is 19.1 Å². The van der Waals surface area contributed by atoms with Crippen LogP contribution in [0, 0.1) is 17.6 Å². The second-order valence-electron chi connectivity index (χ2n) is 18.6. The molecule has 0 aliphatic heterocycles. The Kier molecular flexibility index (Phi) is 13.9. The molecular weight excluding hydrogens is 1070 g/mol. The Bertz CT molecular complexity index is 3420. The lowest BCUT2D eigenvalue weighted by Gasteiger charge is -2.25. The molecule has 15 nitrogen and oxygen atoms in total. The number of nitrogens with one attached hydrogen (secondary N) is 1. The van der Waals surface area contributed by atoms with Gasteiger partial charge in [0.05, 0.1) is 38.7 Å². The molecule has 74 heavy (non-hydrogen) atoms. The zero-order valence-electron chi connectivity index (χ0n) is 39.1. The summed E-state index contributed by atoms with van der Waals surface area (Å²) in [4.78, 5) is 32.7. The normalized spacial score (nSPS) is 17.0. The molecule has 2 aromatic carbocycles. The number of pyridine rings is 2. The number of sulfonamides is 1. The Morgan fingerprint density at radius 1 is 0.932 bits per heavy atom. The number of anilines is 1. The van der Waals surface area contributed by atoms with E-state index in [-0.39, 0.29) is 61.0 Å². The van der Waals surface area contributed by atoms with Crippen LogP contribution in [0.25, 0.3) is 22.0 Å². The van der Waals surface area contributed by atoms with E-state index in [1.807, 2.05) is 0 Å². The zero-order chi connectivity index (χ0) is 54.2. The summed E-state index contributed by atoms with van der Waals surface area (Å²) in [5, 5.41) is 8.80. The molecule has 2 aliphatic carbocycles. The van der Waals surface area contributed by atoms with E-state index in [1.165, 1.54) is 42.9 Å². The molecule has 0 spiro atoms. The molecule has 1 N–H and O–H groups in total. The van der Waals surface area contributed by atoms with Gasteiger partial charge in [0.2, 0.25) is 15.9 Å². The van der Waals surface area contributed by atoms with E-state index < -0.39 is 149 Å². The van der Waals surface area contributed by atoms with E-state index in [9.17, 15) is 61.5 Å². The number of ether oxygens (including phenoxy) is 1. The second kappa shape index (κ2) is 19.1. The van der Waals surface area contributed by atoms with Crippen LogP contribution < -0.4 is 14.2 Å². The number of alkyl halides is 8. The van der Waals surface area contributed by atoms with Gasteiger partial charge in [-0.2, -0.15) is 54.2 Å². The number of sulfone groups is 1. The van der Waals surface area contributed by atoms with Gasteiger partial charge in [0.15, 0.2) is 33.7 Å². The van der Waals surface area contributed by atoms with Crippen LogP contribution in [0.2, 0.25) is 5.02 Å². The second-order valence-corrected chi connectivity index (χ2v) is 23.5. The van der Waals surface area contributed by atoms with Crippen LogP contribution in [-0.4, -0.2) is 76.8 Å². The van der Waals surface area contributed by atoms with Crippen LogP contribution in [0.4, 0.5) is 54.5 Å². The number of carbonyl (C=O) groups is 2. The number of aromatic nitrogens is 6. The van der Waals surface area contributed by atoms with Crippen molar-refractivity contribution in [1.29, 1.82) is 0 Å². The van der Waals surface area contributed by atoms with E-state index in [0.29, 0.717) is 12.3 Å². The van der Waals surface area contributed by atoms with Crippen molar-refractivity contribution in [2.45, 2.75) is 94.3 Å². The number of carbonyl (C=O) groups excluding carboxylic acids is 2. The molecule has 1 saturated carbocycles. The maximum absolute atomic E-state index is 15.6. The van der Waals surface area contributed by atoms with E-state index in [0.717, 1.165) is 30.5 Å². The quantitative estimate of drug-likeness (QED) is 0.0728. The predicted molar refractivity (Wildman–Crippen MR) is 245 cm³/mol. The van der Waals surface area contributed by atoms with Crippen LogP contribution in [0.15, 0.2) is 73.1 Å². The van der Waals surface area contributed by atoms with Gasteiger partial charge < -0.3 is 10.1 Å². The third kappa shape index (κ3) is 10.9. The summed E-state index contributed by atoms with van der Waals surface area (Å²) in [7, 11) is -8.58. The molecule has 28 heteroatoms. The monoisotopic (exact) mass is 1110 g/mol. The highest BCUT2D eigenvalue weighted by atomic mass is 35.5. The van der Waals surface area contributed by atoms with Gasteiger partial charge in [-0.05, 0) is 75.3 Å². The lowest BCUT2D eigenvalue weighted by Crippen LogP contribution is -2.42. The number of rotatable bonds is 16. The van der Waals surface area contributed by atoms with E-state index in [2.05, 4.69) is 15.5 Å². The molecule has 0 bridgehead atoms. The van der Waals surface area contributed by atoms with Crippen LogP contribution in [0.5, 0.6) is 0 Å². The first kappa shape index (κ1) is 53.9. The fourth-order valence-corrected chi connectivity index (χ4v) is 10.4. The van der Waals surface area contributed by atoms with Crippen molar-refractivity contribution in [2.75, 3.05) is 16.8 Å². The number of benzene rings is 2. The summed E-state index contributed by atoms with van der Waals surface area (Å²) in [5.41, 5.74) is -5.20. The Labute approximate surface area is 420 Å². The summed E-state index contributed by atoms with van der Waals surface area (Å²) in [6.45, 7) is -1.00. The van der Waals surface area contributed by atoms with Crippen molar-refractivity contribution in [3.63, 3.8) is 0 Å². The number of nitrogens with zero attached hydrogens (tertiary/aromatic N) is 7. The first-order valence-corrected chi connectivity index (χ1v) is 26.2. The average molecular weight is 1110 g/mol. The minimum Gasteiger partial charge on any atom is -0.387 e. The Morgan fingerprint density at radius 3 is 2.19 bits per heavy atom. The molecular formula is C46H42ClF10N8O7S2+. The van der Waals surface area contributed by atoms with E-state index in [4.69, 9.17) is 21.3 Å². The number of hydrogen-bond acceptors (Lipinski definition) is 10. The minimum absolute atomic E-state index is 0.0160. The maximum Gasteiger partial charge on any atom is 0.435 e. The lowest BCUT2D eigenvalue weighted by atomic mass is 9.93. The molecule has 0 saturated heterocycles. The molecule has 4 heterocycles. The standard InChI is InChI=1S/C46H41ClF10N8O7S2/c1-43(2,73(3,68)69)13-12-27-8-9-28(29-10-11-32(47)36-38(29)64(22-44(50,51)52)61-41(36)65(74(4,70)71)42(67)72-23-62-14-6-5-7-15-62)37(58-27)33(18-24-16-25(48)19-26(49)17-24)59-34(66)21-63-40-35(39(60-63)46(55,56)57)30-20-31(30)45(40,53)54/h5-11,14-17,19,30-31,33H,12-13,18,20-23H2,1-4H3/p+1/t30-,31?,33-/m0/s1. The first-order valence-electron chi connectivity index (χ1n) is 22.1. The number of halogens is 11. The van der Waals surface area contributed by atoms with Crippen LogP contribution in [0.3, 0.4) is 0 Å². The van der Waals surface area contributed by atoms with Gasteiger partial charge in [0.1, 0.15) is 30.4 Å². The van der Waals surface area contributed by atoms with Crippen molar-refractivity contribution in [3.05, 3.63) is 124 Å². The average Bonchev–Trinajstić information content (AvgIpc) is 3.79. The van der Waals surface area contributed by atoms with Gasteiger partial charge in [-0.25, -0.2) is 30.4 Å². The summed E-state index contributed by atoms with van der Waals surface area (Å²) >= 11 is 6.67. The predicted octanol–water partition coefficient (Wildman–Crippen LogP) is 8.72. The molecule has 1 unspecified atom stereocenters. The Morgan fingerprint density at radius 2 is 1.58 bits per heavy atom. The van der Waals surface area contributed by atoms with Gasteiger partial charge in [0, 0.05) is 52.8 Å². The topological polar surface area (TPSA) is 179 Å². The van der Waals surface area contributed by atoms with Gasteiger partial charge in [-0.15, -0.1) is 0 Å². The van der Waals surface area contributed by atoms with Crippen molar-refractivity contribution in [2.24, 2.45) is 5.92 Å². The fourth-order valence-electron chi connectivity index (χ4n) is 8.91. The molecule has 0 radical (unpaired) electrons. The highest BCUT2D eigenvalue weighted by Gasteiger charge is 2.68. The van der Waals surface area contributed by atoms with Gasteiger partial charge >= 0.3 is 18.4 Å². The van der Waals surface area contributed by atoms with Crippen molar-refractivity contribution < 1.29 is 79.6 Å². The van der Waals surface area contributed by atoms with E-state index >= 15 is 8.78 Å². The molecule has 4 aromatic heterocycles. The number of fused-ring (bicyclic) bond motifs is 4. The maximum atomic E-state index is 15.6. The summed E-state index contributed by atoms with van der Waals surface area (Å²) < 4.78 is 206. The van der Waals surface area contributed by atoms with Crippen LogP contribution in [0.1, 0.15) is 72.6 Å². The molecule has 2 aliphatic rings. The molecule has 1 fully saturated rings. The highest BCUT2D eigenvalue weighted by Crippen LogP contribution is 2.68. The minimum atomic E-state index is -5.21. The van der Waals surface area contributed by atoms with E-state index in [1.54, 1.807) is 18.2 Å². The van der Waals surface area contributed by atoms with Gasteiger partial charge in [-0.1, -0.05) is 29.8 Å². The molecule has 6 aromatic rings. The zero-order valence-corrected chi connectivity index (χ0v) is 41.5. The summed E-state index contributed by atoms with van der Waals surface area (Å²) in [5.74, 6) is -11.0. The van der Waals surface area contributed by atoms with Crippen molar-refractivity contribution in [1.82, 2.24) is 29.9 Å². The number of hydrogen-bond donors (Lipinski definition) is 1. The lowest BCUT2D eigenvalue weighted by molar-refractivity contribution is -0.727. The molecule has 3 atom stereocenters. The third-order valence-corrected chi connectivity index (χ3v) is 16.3. The summed E-state index contributed by atoms with van der Waals surface area (Å²) in [6.07, 6.45) is -8.73. The number of aryl methyl sites for hydroxylation is 1. The number of amides is 2. The largest absolute Gasteiger partial charge is 0.435 e. The van der Waals surface area contributed by atoms with Crippen LogP contribution in [-0.2, 0) is 74.2 Å². The highest BCUT2D eigenvalue weighted by molar-refractivity contribution is 7.92. The molecule has 396 valence electrons. The third-order valence-electron chi connectivity index (χ3n) is 12.7. The Hall–Kier alpha value is -6.35. The first-order chi connectivity index (χ1) is 34.2.